The number of aliphatic hydroxyl groups is 2. The molecule has 2 N–H and O–H groups in total. The van der Waals surface area contributed by atoms with Crippen LogP contribution < -0.4 is 0 Å². The molecule has 57 heavy (non-hydrogen) atoms. The summed E-state index contributed by atoms with van der Waals surface area (Å²) in [6.45, 7) is 12.2. The maximum atomic E-state index is 11.5. The summed E-state index contributed by atoms with van der Waals surface area (Å²) < 4.78 is 6.70. The Morgan fingerprint density at radius 2 is 0.596 bits per heavy atom. The molecule has 0 aromatic heterocycles. The second-order valence-electron chi connectivity index (χ2n) is 17.7. The Balaban J connectivity index is 4.79. The van der Waals surface area contributed by atoms with Crippen LogP contribution in [0, 0.1) is 0 Å². The fourth-order valence-electron chi connectivity index (χ4n) is 8.05. The lowest BCUT2D eigenvalue weighted by Crippen LogP contribution is -2.36. The topological polar surface area (TPSA) is 49.7 Å². The molecule has 0 aliphatic rings. The van der Waals surface area contributed by atoms with Gasteiger partial charge in [0.05, 0.1) is 12.2 Å². The number of allylic oxidation sites excluding steroid dienone is 4. The first-order valence-corrected chi connectivity index (χ1v) is 25.7. The van der Waals surface area contributed by atoms with Crippen LogP contribution in [0.15, 0.2) is 49.6 Å². The Morgan fingerprint density at radius 3 is 0.877 bits per heavy atom. The van der Waals surface area contributed by atoms with Crippen molar-refractivity contribution >= 4 is 0 Å². The second kappa shape index (κ2) is 47.5. The molecule has 4 atom stereocenters. The summed E-state index contributed by atoms with van der Waals surface area (Å²) in [5.41, 5.74) is 0. The Hall–Kier alpha value is -1.16. The SMILES string of the molecule is C=CCCCCCCCCCCCCCCCC(O)C(C=CCCCCCC)OC(C=CCCCCCC)C(O)CCCCCCCCCCCCCCCC=C. The number of hydrogen-bond donors (Lipinski definition) is 2. The van der Waals surface area contributed by atoms with E-state index in [4.69, 9.17) is 4.74 Å². The van der Waals surface area contributed by atoms with E-state index in [1.54, 1.807) is 0 Å². The molecule has 0 saturated carbocycles. The number of ether oxygens (including phenoxy) is 1. The van der Waals surface area contributed by atoms with Gasteiger partial charge in [0.1, 0.15) is 12.2 Å². The standard InChI is InChI=1S/C54H102O3/c1-5-9-13-17-21-23-25-27-29-31-33-35-37-39-43-47-51(55)53(49-45-41-19-15-11-7-3)57-54(50-46-42-20-16-12-8-4)52(56)48-44-40-38-36-34-32-30-28-26-24-22-18-14-10-6-2/h5-6,45-46,49-56H,1-2,7-44,47-48H2,3-4H3. The number of rotatable bonds is 48. The van der Waals surface area contributed by atoms with Gasteiger partial charge in [0.25, 0.3) is 0 Å². The van der Waals surface area contributed by atoms with Crippen molar-refractivity contribution in [2.75, 3.05) is 0 Å². The Bertz CT molecular complexity index is 780. The fraction of sp³-hybridized carbons (Fsp3) is 0.852. The van der Waals surface area contributed by atoms with Gasteiger partial charge in [-0.25, -0.2) is 0 Å². The van der Waals surface area contributed by atoms with Crippen LogP contribution in [0.4, 0.5) is 0 Å². The molecule has 0 saturated heterocycles. The highest BCUT2D eigenvalue weighted by atomic mass is 16.5. The van der Waals surface area contributed by atoms with Crippen molar-refractivity contribution in [2.24, 2.45) is 0 Å². The Morgan fingerprint density at radius 1 is 0.351 bits per heavy atom. The van der Waals surface area contributed by atoms with Crippen molar-refractivity contribution in [3.8, 4) is 0 Å². The molecule has 0 radical (unpaired) electrons. The first kappa shape index (κ1) is 55.8. The van der Waals surface area contributed by atoms with Gasteiger partial charge in [0.2, 0.25) is 0 Å². The summed E-state index contributed by atoms with van der Waals surface area (Å²) in [6, 6.07) is 0. The van der Waals surface area contributed by atoms with E-state index in [0.29, 0.717) is 0 Å². The van der Waals surface area contributed by atoms with Gasteiger partial charge in [-0.05, 0) is 64.2 Å². The zero-order valence-electron chi connectivity index (χ0n) is 38.8. The van der Waals surface area contributed by atoms with Gasteiger partial charge in [-0.3, -0.25) is 0 Å². The predicted molar refractivity (Wildman–Crippen MR) is 255 cm³/mol. The predicted octanol–water partition coefficient (Wildman–Crippen LogP) is 17.6. The van der Waals surface area contributed by atoms with Crippen LogP contribution in [0.3, 0.4) is 0 Å². The number of aliphatic hydroxyl groups excluding tert-OH is 2. The lowest BCUT2D eigenvalue weighted by molar-refractivity contribution is -0.0814. The van der Waals surface area contributed by atoms with E-state index in [0.717, 1.165) is 38.5 Å². The summed E-state index contributed by atoms with van der Waals surface area (Å²) in [4.78, 5) is 0. The third-order valence-electron chi connectivity index (χ3n) is 12.0. The molecule has 0 rings (SSSR count). The highest BCUT2D eigenvalue weighted by Gasteiger charge is 2.25. The van der Waals surface area contributed by atoms with Gasteiger partial charge >= 0.3 is 0 Å². The van der Waals surface area contributed by atoms with Crippen molar-refractivity contribution < 1.29 is 14.9 Å². The third kappa shape index (κ3) is 41.4. The zero-order valence-corrected chi connectivity index (χ0v) is 38.8. The van der Waals surface area contributed by atoms with Crippen LogP contribution in [-0.2, 0) is 4.74 Å². The van der Waals surface area contributed by atoms with Gasteiger partial charge in [-0.15, -0.1) is 13.2 Å². The van der Waals surface area contributed by atoms with E-state index in [1.165, 1.54) is 218 Å². The molecule has 0 aliphatic carbocycles. The summed E-state index contributed by atoms with van der Waals surface area (Å²) in [5, 5.41) is 23.0. The molecule has 0 fully saturated rings. The molecule has 0 aliphatic heterocycles. The van der Waals surface area contributed by atoms with Crippen LogP contribution in [0.25, 0.3) is 0 Å². The molecule has 3 heteroatoms. The van der Waals surface area contributed by atoms with E-state index >= 15 is 0 Å². The van der Waals surface area contributed by atoms with Crippen LogP contribution in [0.1, 0.15) is 271 Å². The average Bonchev–Trinajstić information content (AvgIpc) is 3.21. The minimum Gasteiger partial charge on any atom is -0.390 e. The van der Waals surface area contributed by atoms with Gasteiger partial charge in [0.15, 0.2) is 0 Å². The molecule has 4 unspecified atom stereocenters. The quantitative estimate of drug-likeness (QED) is 0.0476. The highest BCUT2D eigenvalue weighted by Crippen LogP contribution is 2.21. The van der Waals surface area contributed by atoms with Crippen molar-refractivity contribution in [2.45, 2.75) is 295 Å². The third-order valence-corrected chi connectivity index (χ3v) is 12.0. The molecule has 0 amide bonds. The number of hydrogen-bond acceptors (Lipinski definition) is 3. The van der Waals surface area contributed by atoms with E-state index in [-0.39, 0.29) is 12.2 Å². The average molecular weight is 799 g/mol. The fourth-order valence-corrected chi connectivity index (χ4v) is 8.05. The van der Waals surface area contributed by atoms with Crippen LogP contribution >= 0.6 is 0 Å². The van der Waals surface area contributed by atoms with Gasteiger partial charge in [0, 0.05) is 0 Å². The van der Waals surface area contributed by atoms with Crippen LogP contribution in [0.5, 0.6) is 0 Å². The number of unbranched alkanes of at least 4 members (excludes halogenated alkanes) is 34. The second-order valence-corrected chi connectivity index (χ2v) is 17.7. The van der Waals surface area contributed by atoms with Crippen molar-refractivity contribution in [3.63, 3.8) is 0 Å². The van der Waals surface area contributed by atoms with Crippen molar-refractivity contribution in [3.05, 3.63) is 49.6 Å². The monoisotopic (exact) mass is 799 g/mol. The summed E-state index contributed by atoms with van der Waals surface area (Å²) >= 11 is 0. The first-order chi connectivity index (χ1) is 28.1. The largest absolute Gasteiger partial charge is 0.390 e. The molecule has 336 valence electrons. The van der Waals surface area contributed by atoms with Gasteiger partial charge in [-0.1, -0.05) is 243 Å². The molecule has 0 spiro atoms. The van der Waals surface area contributed by atoms with Gasteiger partial charge in [-0.2, -0.15) is 0 Å². The van der Waals surface area contributed by atoms with E-state index in [1.807, 2.05) is 12.2 Å². The Kier molecular flexibility index (Phi) is 46.6. The molecule has 0 aromatic carbocycles. The zero-order chi connectivity index (χ0) is 41.5. The lowest BCUT2D eigenvalue weighted by atomic mass is 10.0. The summed E-state index contributed by atoms with van der Waals surface area (Å²) in [6.07, 6.45) is 61.0. The Labute approximate surface area is 358 Å². The molecule has 0 aromatic rings. The molecule has 0 heterocycles. The van der Waals surface area contributed by atoms with E-state index in [2.05, 4.69) is 51.3 Å². The maximum Gasteiger partial charge on any atom is 0.102 e. The van der Waals surface area contributed by atoms with E-state index < -0.39 is 12.2 Å². The minimum absolute atomic E-state index is 0.375. The van der Waals surface area contributed by atoms with Crippen LogP contribution in [0.2, 0.25) is 0 Å². The molecular formula is C54H102O3. The van der Waals surface area contributed by atoms with Crippen LogP contribution in [-0.4, -0.2) is 34.6 Å². The first-order valence-electron chi connectivity index (χ1n) is 25.7. The highest BCUT2D eigenvalue weighted by molar-refractivity contribution is 4.99. The van der Waals surface area contributed by atoms with Gasteiger partial charge < -0.3 is 14.9 Å². The normalized spacial score (nSPS) is 14.1. The summed E-state index contributed by atoms with van der Waals surface area (Å²) in [5.74, 6) is 0. The molecule has 3 nitrogen and oxygen atoms in total. The van der Waals surface area contributed by atoms with Crippen molar-refractivity contribution in [1.29, 1.82) is 0 Å². The lowest BCUT2D eigenvalue weighted by Gasteiger charge is -2.28. The molecule has 0 bridgehead atoms. The molecular weight excluding hydrogens is 697 g/mol. The van der Waals surface area contributed by atoms with E-state index in [9.17, 15) is 10.2 Å². The maximum absolute atomic E-state index is 11.5. The summed E-state index contributed by atoms with van der Waals surface area (Å²) in [7, 11) is 0. The van der Waals surface area contributed by atoms with Crippen molar-refractivity contribution in [1.82, 2.24) is 0 Å². The smallest absolute Gasteiger partial charge is 0.102 e. The minimum atomic E-state index is -0.538.